The molecule has 0 aliphatic rings. The van der Waals surface area contributed by atoms with E-state index in [0.717, 1.165) is 10.0 Å². The molecule has 0 unspecified atom stereocenters. The van der Waals surface area contributed by atoms with Gasteiger partial charge in [0.1, 0.15) is 6.54 Å². The number of rotatable bonds is 4. The van der Waals surface area contributed by atoms with E-state index in [1.807, 2.05) is 19.1 Å². The Balaban J connectivity index is 2.14. The summed E-state index contributed by atoms with van der Waals surface area (Å²) in [6, 6.07) is 12.5. The van der Waals surface area contributed by atoms with Crippen LogP contribution in [0.1, 0.15) is 12.5 Å². The molecule has 0 spiro atoms. The lowest BCUT2D eigenvalue weighted by Gasteiger charge is -2.21. The van der Waals surface area contributed by atoms with Gasteiger partial charge < -0.3 is 10.2 Å². The zero-order chi connectivity index (χ0) is 17.0. The van der Waals surface area contributed by atoms with E-state index in [9.17, 15) is 9.59 Å². The lowest BCUT2D eigenvalue weighted by molar-refractivity contribution is -0.120. The summed E-state index contributed by atoms with van der Waals surface area (Å²) in [7, 11) is 0. The Kier molecular flexibility index (Phi) is 5.80. The minimum absolute atomic E-state index is 0.0665. The highest BCUT2D eigenvalue weighted by molar-refractivity contribution is 9.10. The Bertz CT molecular complexity index is 732. The van der Waals surface area contributed by atoms with E-state index in [1.165, 1.54) is 11.8 Å². The van der Waals surface area contributed by atoms with Crippen molar-refractivity contribution in [3.05, 3.63) is 57.5 Å². The van der Waals surface area contributed by atoms with Gasteiger partial charge in [-0.3, -0.25) is 9.59 Å². The van der Waals surface area contributed by atoms with Crippen molar-refractivity contribution in [2.45, 2.75) is 13.8 Å². The molecule has 0 atom stereocenters. The molecule has 2 aromatic carbocycles. The van der Waals surface area contributed by atoms with Crippen LogP contribution in [0.15, 0.2) is 46.9 Å². The number of amides is 2. The van der Waals surface area contributed by atoms with Crippen molar-refractivity contribution in [2.75, 3.05) is 16.8 Å². The monoisotopic (exact) mass is 394 g/mol. The predicted molar refractivity (Wildman–Crippen MR) is 97.0 cm³/mol. The third-order valence-corrected chi connectivity index (χ3v) is 4.30. The van der Waals surface area contributed by atoms with Crippen LogP contribution in [0.2, 0.25) is 5.02 Å². The minimum Gasteiger partial charge on any atom is -0.324 e. The van der Waals surface area contributed by atoms with Crippen molar-refractivity contribution in [3.8, 4) is 0 Å². The quantitative estimate of drug-likeness (QED) is 0.834. The van der Waals surface area contributed by atoms with Gasteiger partial charge in [0.15, 0.2) is 0 Å². The molecule has 23 heavy (non-hydrogen) atoms. The van der Waals surface area contributed by atoms with E-state index in [0.29, 0.717) is 16.4 Å². The molecule has 0 radical (unpaired) electrons. The normalized spacial score (nSPS) is 10.3. The van der Waals surface area contributed by atoms with Gasteiger partial charge in [-0.1, -0.05) is 33.6 Å². The SMILES string of the molecule is CC(=O)N(CC(=O)Nc1cccc(Cl)c1C)c1ccc(Br)cc1. The molecule has 0 saturated carbocycles. The number of carbonyl (C=O) groups is 2. The fourth-order valence-electron chi connectivity index (χ4n) is 2.08. The maximum absolute atomic E-state index is 12.3. The molecule has 0 aromatic heterocycles. The number of benzene rings is 2. The third kappa shape index (κ3) is 4.56. The lowest BCUT2D eigenvalue weighted by atomic mass is 10.2. The maximum atomic E-state index is 12.3. The van der Waals surface area contributed by atoms with Gasteiger partial charge in [0.25, 0.3) is 0 Å². The zero-order valence-corrected chi connectivity index (χ0v) is 15.1. The highest BCUT2D eigenvalue weighted by Gasteiger charge is 2.16. The van der Waals surface area contributed by atoms with E-state index < -0.39 is 0 Å². The summed E-state index contributed by atoms with van der Waals surface area (Å²) >= 11 is 9.39. The molecule has 2 rings (SSSR count). The first-order valence-corrected chi connectivity index (χ1v) is 8.14. The van der Waals surface area contributed by atoms with Gasteiger partial charge in [-0.05, 0) is 48.9 Å². The number of halogens is 2. The summed E-state index contributed by atoms with van der Waals surface area (Å²) < 4.78 is 0.906. The smallest absolute Gasteiger partial charge is 0.244 e. The molecule has 1 N–H and O–H groups in total. The number of nitrogens with zero attached hydrogens (tertiary/aromatic N) is 1. The van der Waals surface area contributed by atoms with Gasteiger partial charge >= 0.3 is 0 Å². The highest BCUT2D eigenvalue weighted by Crippen LogP contribution is 2.23. The van der Waals surface area contributed by atoms with Crippen molar-refractivity contribution in [1.29, 1.82) is 0 Å². The fraction of sp³-hybridized carbons (Fsp3) is 0.176. The van der Waals surface area contributed by atoms with Gasteiger partial charge in [-0.2, -0.15) is 0 Å². The van der Waals surface area contributed by atoms with Crippen LogP contribution in [0, 0.1) is 6.92 Å². The average molecular weight is 396 g/mol. The first-order valence-electron chi connectivity index (χ1n) is 6.97. The van der Waals surface area contributed by atoms with E-state index in [-0.39, 0.29) is 18.4 Å². The van der Waals surface area contributed by atoms with Gasteiger partial charge in [0.05, 0.1) is 0 Å². The standard InChI is InChI=1S/C17H16BrClN2O2/c1-11-15(19)4-3-5-16(11)20-17(23)10-21(12(2)22)14-8-6-13(18)7-9-14/h3-9H,10H2,1-2H3,(H,20,23). The number of hydrogen-bond donors (Lipinski definition) is 1. The Hall–Kier alpha value is -1.85. The van der Waals surface area contributed by atoms with Crippen molar-refractivity contribution < 1.29 is 9.59 Å². The Morgan fingerprint density at radius 1 is 1.17 bits per heavy atom. The van der Waals surface area contributed by atoms with Crippen LogP contribution in [0.5, 0.6) is 0 Å². The summed E-state index contributed by atoms with van der Waals surface area (Å²) in [5, 5.41) is 3.37. The van der Waals surface area contributed by atoms with Crippen LogP contribution >= 0.6 is 27.5 Å². The number of carbonyl (C=O) groups excluding carboxylic acids is 2. The zero-order valence-electron chi connectivity index (χ0n) is 12.8. The van der Waals surface area contributed by atoms with Crippen LogP contribution in [0.25, 0.3) is 0 Å². The Morgan fingerprint density at radius 2 is 1.83 bits per heavy atom. The lowest BCUT2D eigenvalue weighted by Crippen LogP contribution is -2.36. The van der Waals surface area contributed by atoms with Gasteiger partial charge in [0.2, 0.25) is 11.8 Å². The van der Waals surface area contributed by atoms with Crippen LogP contribution in [-0.2, 0) is 9.59 Å². The van der Waals surface area contributed by atoms with E-state index in [2.05, 4.69) is 21.2 Å². The first kappa shape index (κ1) is 17.5. The Morgan fingerprint density at radius 3 is 2.43 bits per heavy atom. The number of anilines is 2. The molecule has 2 aromatic rings. The molecule has 6 heteroatoms. The van der Waals surface area contributed by atoms with Gasteiger partial charge in [-0.15, -0.1) is 0 Å². The van der Waals surface area contributed by atoms with Crippen molar-refractivity contribution >= 4 is 50.7 Å². The fourth-order valence-corrected chi connectivity index (χ4v) is 2.52. The molecule has 0 aliphatic heterocycles. The summed E-state index contributed by atoms with van der Waals surface area (Å²) in [4.78, 5) is 25.5. The van der Waals surface area contributed by atoms with Crippen molar-refractivity contribution in [2.24, 2.45) is 0 Å². The molecule has 0 aliphatic carbocycles. The second kappa shape index (κ2) is 7.62. The molecule has 4 nitrogen and oxygen atoms in total. The molecule has 2 amide bonds. The Labute approximate surface area is 148 Å². The molecule has 120 valence electrons. The van der Waals surface area contributed by atoms with E-state index in [1.54, 1.807) is 30.3 Å². The molecule has 0 fully saturated rings. The van der Waals surface area contributed by atoms with Crippen LogP contribution in [0.4, 0.5) is 11.4 Å². The number of nitrogens with one attached hydrogen (secondary N) is 1. The summed E-state index contributed by atoms with van der Waals surface area (Å²) in [6.07, 6.45) is 0. The second-order valence-electron chi connectivity index (χ2n) is 5.04. The number of hydrogen-bond acceptors (Lipinski definition) is 2. The molecular formula is C17H16BrClN2O2. The van der Waals surface area contributed by atoms with Gasteiger partial charge in [-0.25, -0.2) is 0 Å². The summed E-state index contributed by atoms with van der Waals surface area (Å²) in [5.41, 5.74) is 2.10. The van der Waals surface area contributed by atoms with Crippen LogP contribution in [-0.4, -0.2) is 18.4 Å². The third-order valence-electron chi connectivity index (χ3n) is 3.36. The van der Waals surface area contributed by atoms with Crippen molar-refractivity contribution in [3.63, 3.8) is 0 Å². The van der Waals surface area contributed by atoms with Crippen LogP contribution < -0.4 is 10.2 Å². The average Bonchev–Trinajstić information content (AvgIpc) is 2.50. The van der Waals surface area contributed by atoms with Gasteiger partial charge in [0, 0.05) is 27.8 Å². The molecule has 0 saturated heterocycles. The molecule has 0 bridgehead atoms. The largest absolute Gasteiger partial charge is 0.324 e. The van der Waals surface area contributed by atoms with E-state index >= 15 is 0 Å². The van der Waals surface area contributed by atoms with E-state index in [4.69, 9.17) is 11.6 Å². The molecular weight excluding hydrogens is 380 g/mol. The topological polar surface area (TPSA) is 49.4 Å². The summed E-state index contributed by atoms with van der Waals surface area (Å²) in [5.74, 6) is -0.487. The second-order valence-corrected chi connectivity index (χ2v) is 6.37. The summed E-state index contributed by atoms with van der Waals surface area (Å²) in [6.45, 7) is 3.19. The predicted octanol–water partition coefficient (Wildman–Crippen LogP) is 4.40. The molecule has 0 heterocycles. The van der Waals surface area contributed by atoms with Crippen LogP contribution in [0.3, 0.4) is 0 Å². The first-order chi connectivity index (χ1) is 10.9. The van der Waals surface area contributed by atoms with Crippen molar-refractivity contribution in [1.82, 2.24) is 0 Å². The highest BCUT2D eigenvalue weighted by atomic mass is 79.9. The minimum atomic E-state index is -0.284. The maximum Gasteiger partial charge on any atom is 0.244 e.